The summed E-state index contributed by atoms with van der Waals surface area (Å²) < 4.78 is 20.2. The lowest BCUT2D eigenvalue weighted by atomic mass is 10.1. The van der Waals surface area contributed by atoms with Crippen molar-refractivity contribution < 1.29 is 13.9 Å². The van der Waals surface area contributed by atoms with Crippen LogP contribution < -0.4 is 5.32 Å². The average molecular weight is 336 g/mol. The molecule has 2 heterocycles. The number of thiophene rings is 1. The first-order valence-corrected chi connectivity index (χ1v) is 8.60. The number of carbonyl (C=O) groups is 1. The summed E-state index contributed by atoms with van der Waals surface area (Å²) in [5.41, 5.74) is 0.674. The van der Waals surface area contributed by atoms with Crippen molar-refractivity contribution in [1.82, 2.24) is 10.2 Å². The maximum atomic E-state index is 14.2. The predicted octanol–water partition coefficient (Wildman–Crippen LogP) is 2.87. The molecule has 1 atom stereocenters. The molecule has 0 bridgehead atoms. The van der Waals surface area contributed by atoms with Crippen LogP contribution in [0.2, 0.25) is 0 Å². The molecular weight excluding hydrogens is 315 g/mol. The minimum absolute atomic E-state index is 0.00347. The first-order chi connectivity index (χ1) is 11.2. The van der Waals surface area contributed by atoms with Gasteiger partial charge in [-0.05, 0) is 38.1 Å². The predicted molar refractivity (Wildman–Crippen MR) is 90.4 cm³/mol. The van der Waals surface area contributed by atoms with Gasteiger partial charge in [0.2, 0.25) is 0 Å². The third-order valence-corrected chi connectivity index (χ3v) is 5.50. The molecule has 0 radical (unpaired) electrons. The Morgan fingerprint density at radius 1 is 1.52 bits per heavy atom. The van der Waals surface area contributed by atoms with Gasteiger partial charge < -0.3 is 15.0 Å². The lowest BCUT2D eigenvalue weighted by molar-refractivity contribution is 0.0788. The van der Waals surface area contributed by atoms with Gasteiger partial charge in [-0.25, -0.2) is 4.39 Å². The van der Waals surface area contributed by atoms with Crippen molar-refractivity contribution in [3.63, 3.8) is 0 Å². The van der Waals surface area contributed by atoms with E-state index in [4.69, 9.17) is 4.74 Å². The van der Waals surface area contributed by atoms with Crippen molar-refractivity contribution in [3.05, 3.63) is 34.5 Å². The van der Waals surface area contributed by atoms with E-state index in [0.717, 1.165) is 30.8 Å². The van der Waals surface area contributed by atoms with Crippen molar-refractivity contribution >= 4 is 27.3 Å². The highest BCUT2D eigenvalue weighted by atomic mass is 32.1. The second kappa shape index (κ2) is 6.95. The van der Waals surface area contributed by atoms with Gasteiger partial charge in [0.1, 0.15) is 5.82 Å². The van der Waals surface area contributed by atoms with Crippen LogP contribution in [0.4, 0.5) is 4.39 Å². The van der Waals surface area contributed by atoms with Crippen molar-refractivity contribution in [1.29, 1.82) is 0 Å². The molecule has 1 fully saturated rings. The number of methoxy groups -OCH3 is 1. The van der Waals surface area contributed by atoms with Crippen LogP contribution in [0.15, 0.2) is 18.2 Å². The SMILES string of the molecule is CNCC1CCN(C(=O)c2sc3cccc(F)c3c2COC)C1. The van der Waals surface area contributed by atoms with Crippen LogP contribution in [0.25, 0.3) is 10.1 Å². The summed E-state index contributed by atoms with van der Waals surface area (Å²) in [4.78, 5) is 15.4. The number of fused-ring (bicyclic) bond motifs is 1. The van der Waals surface area contributed by atoms with Gasteiger partial charge in [0, 0.05) is 35.8 Å². The van der Waals surface area contributed by atoms with Crippen molar-refractivity contribution in [2.75, 3.05) is 33.8 Å². The molecule has 124 valence electrons. The Labute approximate surface area is 139 Å². The van der Waals surface area contributed by atoms with Gasteiger partial charge in [-0.1, -0.05) is 6.07 Å². The number of nitrogens with one attached hydrogen (secondary N) is 1. The monoisotopic (exact) mass is 336 g/mol. The summed E-state index contributed by atoms with van der Waals surface area (Å²) in [7, 11) is 3.49. The molecule has 23 heavy (non-hydrogen) atoms. The zero-order chi connectivity index (χ0) is 16.4. The quantitative estimate of drug-likeness (QED) is 0.913. The second-order valence-electron chi connectivity index (χ2n) is 5.92. The standard InChI is InChI=1S/C17H21FN2O2S/c1-19-8-11-6-7-20(9-11)17(21)16-12(10-22-2)15-13(18)4-3-5-14(15)23-16/h3-5,11,19H,6-10H2,1-2H3. The van der Waals surface area contributed by atoms with Gasteiger partial charge in [0.15, 0.2) is 0 Å². The molecule has 1 unspecified atom stereocenters. The van der Waals surface area contributed by atoms with E-state index < -0.39 is 0 Å². The Morgan fingerprint density at radius 3 is 3.09 bits per heavy atom. The molecule has 1 aromatic heterocycles. The van der Waals surface area contributed by atoms with Crippen LogP contribution in [0, 0.1) is 11.7 Å². The molecule has 0 aliphatic carbocycles. The normalized spacial score (nSPS) is 18.0. The van der Waals surface area contributed by atoms with E-state index in [1.54, 1.807) is 13.2 Å². The minimum atomic E-state index is -0.292. The number of ether oxygens (including phenoxy) is 1. The fourth-order valence-corrected chi connectivity index (χ4v) is 4.43. The topological polar surface area (TPSA) is 41.6 Å². The Kier molecular flexibility index (Phi) is 4.94. The maximum absolute atomic E-state index is 14.2. The van der Waals surface area contributed by atoms with Crippen molar-refractivity contribution in [2.24, 2.45) is 5.92 Å². The van der Waals surface area contributed by atoms with Gasteiger partial charge in [0.25, 0.3) is 5.91 Å². The third-order valence-electron chi connectivity index (χ3n) is 4.31. The average Bonchev–Trinajstić information content (AvgIpc) is 3.13. The van der Waals surface area contributed by atoms with E-state index in [1.165, 1.54) is 17.4 Å². The van der Waals surface area contributed by atoms with Crippen LogP contribution >= 0.6 is 11.3 Å². The number of nitrogens with zero attached hydrogens (tertiary/aromatic N) is 1. The van der Waals surface area contributed by atoms with E-state index in [2.05, 4.69) is 5.32 Å². The lowest BCUT2D eigenvalue weighted by Crippen LogP contribution is -2.30. The van der Waals surface area contributed by atoms with Gasteiger partial charge in [-0.2, -0.15) is 0 Å². The molecule has 1 aliphatic rings. The number of carbonyl (C=O) groups excluding carboxylic acids is 1. The fraction of sp³-hybridized carbons (Fsp3) is 0.471. The van der Waals surface area contributed by atoms with Crippen LogP contribution in [-0.2, 0) is 11.3 Å². The minimum Gasteiger partial charge on any atom is -0.380 e. The van der Waals surface area contributed by atoms with Crippen LogP contribution in [0.1, 0.15) is 21.7 Å². The van der Waals surface area contributed by atoms with Gasteiger partial charge >= 0.3 is 0 Å². The summed E-state index contributed by atoms with van der Waals surface area (Å²) in [5, 5.41) is 3.69. The van der Waals surface area contributed by atoms with E-state index in [0.29, 0.717) is 21.7 Å². The van der Waals surface area contributed by atoms with Gasteiger partial charge in [-0.3, -0.25) is 4.79 Å². The Morgan fingerprint density at radius 2 is 2.35 bits per heavy atom. The van der Waals surface area contributed by atoms with Crippen LogP contribution in [-0.4, -0.2) is 44.6 Å². The number of benzene rings is 1. The Hall–Kier alpha value is -1.50. The van der Waals surface area contributed by atoms with Crippen molar-refractivity contribution in [2.45, 2.75) is 13.0 Å². The van der Waals surface area contributed by atoms with E-state index >= 15 is 0 Å². The number of rotatable bonds is 5. The second-order valence-corrected chi connectivity index (χ2v) is 6.97. The zero-order valence-corrected chi connectivity index (χ0v) is 14.2. The van der Waals surface area contributed by atoms with Crippen molar-refractivity contribution in [3.8, 4) is 0 Å². The number of amides is 1. The highest BCUT2D eigenvalue weighted by molar-refractivity contribution is 7.21. The number of likely N-dealkylation sites (tertiary alicyclic amines) is 1. The Bertz CT molecular complexity index is 716. The maximum Gasteiger partial charge on any atom is 0.264 e. The fourth-order valence-electron chi connectivity index (χ4n) is 3.24. The summed E-state index contributed by atoms with van der Waals surface area (Å²) in [5.74, 6) is 0.191. The Balaban J connectivity index is 1.94. The molecule has 1 aromatic carbocycles. The van der Waals surface area contributed by atoms with Gasteiger partial charge in [0.05, 0.1) is 11.5 Å². The summed E-state index contributed by atoms with van der Waals surface area (Å²) >= 11 is 1.36. The highest BCUT2D eigenvalue weighted by Crippen LogP contribution is 2.35. The van der Waals surface area contributed by atoms with Gasteiger partial charge in [-0.15, -0.1) is 11.3 Å². The van der Waals surface area contributed by atoms with E-state index in [1.807, 2.05) is 18.0 Å². The zero-order valence-electron chi connectivity index (χ0n) is 13.4. The summed E-state index contributed by atoms with van der Waals surface area (Å²) in [6.45, 7) is 2.67. The molecule has 0 saturated carbocycles. The number of hydrogen-bond donors (Lipinski definition) is 1. The molecule has 1 aliphatic heterocycles. The molecule has 1 N–H and O–H groups in total. The third kappa shape index (κ3) is 3.11. The summed E-state index contributed by atoms with van der Waals surface area (Å²) in [6, 6.07) is 4.96. The van der Waals surface area contributed by atoms with Crippen LogP contribution in [0.5, 0.6) is 0 Å². The lowest BCUT2D eigenvalue weighted by Gasteiger charge is -2.16. The first kappa shape index (κ1) is 16.4. The molecular formula is C17H21FN2O2S. The van der Waals surface area contributed by atoms with E-state index in [-0.39, 0.29) is 18.3 Å². The van der Waals surface area contributed by atoms with E-state index in [9.17, 15) is 9.18 Å². The highest BCUT2D eigenvalue weighted by Gasteiger charge is 2.30. The smallest absolute Gasteiger partial charge is 0.264 e. The number of halogens is 1. The molecule has 4 nitrogen and oxygen atoms in total. The molecule has 1 amide bonds. The first-order valence-electron chi connectivity index (χ1n) is 7.78. The molecule has 2 aromatic rings. The molecule has 1 saturated heterocycles. The largest absolute Gasteiger partial charge is 0.380 e. The summed E-state index contributed by atoms with van der Waals surface area (Å²) in [6.07, 6.45) is 1.01. The molecule has 3 rings (SSSR count). The molecule has 0 spiro atoms. The molecule has 6 heteroatoms. The number of hydrogen-bond acceptors (Lipinski definition) is 4. The van der Waals surface area contributed by atoms with Crippen LogP contribution in [0.3, 0.4) is 0 Å².